The summed E-state index contributed by atoms with van der Waals surface area (Å²) in [6.07, 6.45) is 94.5. The zero-order valence-corrected chi connectivity index (χ0v) is 51.1. The molecule has 0 bridgehead atoms. The third-order valence-corrected chi connectivity index (χ3v) is 13.3. The van der Waals surface area contributed by atoms with Gasteiger partial charge in [-0.25, -0.2) is 0 Å². The van der Waals surface area contributed by atoms with Crippen LogP contribution in [0.1, 0.15) is 278 Å². The summed E-state index contributed by atoms with van der Waals surface area (Å²) in [6.45, 7) is 6.31. The first kappa shape index (κ1) is 74.3. The molecule has 446 valence electrons. The summed E-state index contributed by atoms with van der Waals surface area (Å²) in [5, 5.41) is 0. The Morgan fingerprint density at radius 3 is 0.823 bits per heavy atom. The van der Waals surface area contributed by atoms with Gasteiger partial charge in [-0.2, -0.15) is 0 Å². The zero-order valence-electron chi connectivity index (χ0n) is 51.1. The van der Waals surface area contributed by atoms with E-state index in [0.717, 1.165) is 103 Å². The summed E-state index contributed by atoms with van der Waals surface area (Å²) in [6, 6.07) is 0. The van der Waals surface area contributed by atoms with Gasteiger partial charge in [-0.15, -0.1) is 0 Å². The Balaban J connectivity index is 4.44. The van der Waals surface area contributed by atoms with Gasteiger partial charge in [0.15, 0.2) is 6.10 Å². The van der Waals surface area contributed by atoms with Crippen molar-refractivity contribution in [2.75, 3.05) is 13.2 Å². The van der Waals surface area contributed by atoms with Crippen LogP contribution < -0.4 is 0 Å². The van der Waals surface area contributed by atoms with E-state index in [1.807, 2.05) is 0 Å². The van der Waals surface area contributed by atoms with Crippen LogP contribution >= 0.6 is 0 Å². The van der Waals surface area contributed by atoms with E-state index in [1.54, 1.807) is 0 Å². The molecule has 1 unspecified atom stereocenters. The molecule has 0 fully saturated rings. The highest BCUT2D eigenvalue weighted by Gasteiger charge is 2.19. The maximum atomic E-state index is 12.9. The lowest BCUT2D eigenvalue weighted by molar-refractivity contribution is -0.167. The number of rotatable bonds is 57. The van der Waals surface area contributed by atoms with Crippen molar-refractivity contribution in [3.8, 4) is 0 Å². The fourth-order valence-electron chi connectivity index (χ4n) is 8.54. The van der Waals surface area contributed by atoms with Crippen LogP contribution in [0.15, 0.2) is 146 Å². The largest absolute Gasteiger partial charge is 0.462 e. The molecule has 0 aromatic rings. The molecule has 0 heterocycles. The van der Waals surface area contributed by atoms with Gasteiger partial charge in [-0.05, 0) is 128 Å². The summed E-state index contributed by atoms with van der Waals surface area (Å²) in [5.74, 6) is -1.04. The van der Waals surface area contributed by atoms with Crippen LogP contribution in [0.3, 0.4) is 0 Å². The highest BCUT2D eigenvalue weighted by molar-refractivity contribution is 5.71. The molecular formula is C73H118O6. The Labute approximate surface area is 487 Å². The second-order valence-corrected chi connectivity index (χ2v) is 20.9. The predicted molar refractivity (Wildman–Crippen MR) is 343 cm³/mol. The number of esters is 3. The quantitative estimate of drug-likeness (QED) is 0.0261. The predicted octanol–water partition coefficient (Wildman–Crippen LogP) is 22.3. The first-order valence-corrected chi connectivity index (χ1v) is 32.3. The Hall–Kier alpha value is -4.71. The first-order valence-electron chi connectivity index (χ1n) is 32.3. The lowest BCUT2D eigenvalue weighted by Crippen LogP contribution is -2.30. The van der Waals surface area contributed by atoms with Gasteiger partial charge >= 0.3 is 17.9 Å². The zero-order chi connectivity index (χ0) is 57.1. The summed E-state index contributed by atoms with van der Waals surface area (Å²) in [7, 11) is 0. The molecule has 0 saturated heterocycles. The number of unbranched alkanes of at least 4 members (excludes halogenated alkanes) is 22. The molecule has 0 rings (SSSR count). The third kappa shape index (κ3) is 64.0. The van der Waals surface area contributed by atoms with Crippen LogP contribution in [-0.2, 0) is 28.6 Å². The van der Waals surface area contributed by atoms with Crippen LogP contribution in [0, 0.1) is 0 Å². The molecule has 6 heteroatoms. The van der Waals surface area contributed by atoms with Crippen molar-refractivity contribution in [3.63, 3.8) is 0 Å². The van der Waals surface area contributed by atoms with Crippen molar-refractivity contribution < 1.29 is 28.6 Å². The van der Waals surface area contributed by atoms with Gasteiger partial charge in [-0.1, -0.05) is 276 Å². The van der Waals surface area contributed by atoms with Gasteiger partial charge in [0.05, 0.1) is 0 Å². The molecule has 0 aliphatic heterocycles. The Morgan fingerprint density at radius 2 is 0.506 bits per heavy atom. The molecular weight excluding hydrogens is 973 g/mol. The van der Waals surface area contributed by atoms with Crippen molar-refractivity contribution in [2.45, 2.75) is 284 Å². The van der Waals surface area contributed by atoms with Crippen LogP contribution in [0.4, 0.5) is 0 Å². The topological polar surface area (TPSA) is 78.9 Å². The number of hydrogen-bond donors (Lipinski definition) is 0. The summed E-state index contributed by atoms with van der Waals surface area (Å²) in [5.41, 5.74) is 0. The van der Waals surface area contributed by atoms with Crippen molar-refractivity contribution in [2.24, 2.45) is 0 Å². The second-order valence-electron chi connectivity index (χ2n) is 20.9. The van der Waals surface area contributed by atoms with E-state index in [4.69, 9.17) is 14.2 Å². The first-order chi connectivity index (χ1) is 39.0. The summed E-state index contributed by atoms with van der Waals surface area (Å²) < 4.78 is 16.8. The molecule has 0 N–H and O–H groups in total. The lowest BCUT2D eigenvalue weighted by Gasteiger charge is -2.18. The molecule has 0 aliphatic carbocycles. The Morgan fingerprint density at radius 1 is 0.266 bits per heavy atom. The fraction of sp³-hybridized carbons (Fsp3) is 0.630. The van der Waals surface area contributed by atoms with Crippen LogP contribution in [-0.4, -0.2) is 37.2 Å². The normalized spacial score (nSPS) is 13.1. The van der Waals surface area contributed by atoms with Gasteiger partial charge in [0.2, 0.25) is 0 Å². The molecule has 0 aromatic carbocycles. The highest BCUT2D eigenvalue weighted by atomic mass is 16.6. The number of ether oxygens (including phenoxy) is 3. The summed E-state index contributed by atoms with van der Waals surface area (Å²) in [4.78, 5) is 38.3. The third-order valence-electron chi connectivity index (χ3n) is 13.3. The standard InChI is InChI=1S/C73H118O6/c1-4-7-10-13-16-19-22-25-28-31-32-33-34-35-36-37-38-39-40-43-45-48-51-54-57-60-63-66-72(75)78-69-70(79-73(76)67-64-61-58-55-52-49-46-42-30-27-24-21-18-15-12-9-6-3)68-77-71(74)65-62-59-56-53-50-47-44-41-29-26-23-20-17-14-11-8-5-2/h8-9,11-12,17-18,20-22,25-27,29-32,44,46-47,49,53,55-56,58,70H,4-7,10,13-16,19,23-24,28,33-43,45,48,50-52,54,57,59-69H2,1-3H3/b11-8-,12-9-,20-17-,21-18-,25-22-,29-26-,30-27-,32-31-,47-44-,49-46-,56-53-,58-55-. The molecule has 0 radical (unpaired) electrons. The average molecular weight is 1090 g/mol. The Bertz CT molecular complexity index is 1730. The second kappa shape index (κ2) is 65.8. The van der Waals surface area contributed by atoms with Crippen LogP contribution in [0.5, 0.6) is 0 Å². The Kier molecular flexibility index (Phi) is 61.9. The van der Waals surface area contributed by atoms with E-state index >= 15 is 0 Å². The molecule has 6 nitrogen and oxygen atoms in total. The smallest absolute Gasteiger partial charge is 0.306 e. The average Bonchev–Trinajstić information content (AvgIpc) is 3.45. The van der Waals surface area contributed by atoms with E-state index in [2.05, 4.69) is 167 Å². The minimum absolute atomic E-state index is 0.123. The molecule has 79 heavy (non-hydrogen) atoms. The van der Waals surface area contributed by atoms with Crippen molar-refractivity contribution in [1.82, 2.24) is 0 Å². The van der Waals surface area contributed by atoms with Crippen molar-refractivity contribution in [1.29, 1.82) is 0 Å². The van der Waals surface area contributed by atoms with E-state index < -0.39 is 6.10 Å². The number of allylic oxidation sites excluding steroid dienone is 24. The maximum absolute atomic E-state index is 12.9. The lowest BCUT2D eigenvalue weighted by atomic mass is 10.0. The SMILES string of the molecule is CC/C=C\C/C=C\C/C=C\C/C=C\C/C=C\CCCC(=O)OCC(COC(=O)CCCCCCCCCCCCCCCCC/C=C\C/C=C\CCCCCCC)OC(=O)CCC/C=C\C/C=C\C/C=C\C/C=C\C/C=C\CC. The van der Waals surface area contributed by atoms with Gasteiger partial charge < -0.3 is 14.2 Å². The number of hydrogen-bond acceptors (Lipinski definition) is 6. The molecule has 0 amide bonds. The monoisotopic (exact) mass is 1090 g/mol. The van der Waals surface area contributed by atoms with E-state index in [0.29, 0.717) is 19.3 Å². The highest BCUT2D eigenvalue weighted by Crippen LogP contribution is 2.15. The maximum Gasteiger partial charge on any atom is 0.306 e. The van der Waals surface area contributed by atoms with Crippen LogP contribution in [0.25, 0.3) is 0 Å². The minimum atomic E-state index is -0.838. The molecule has 0 aliphatic rings. The molecule has 0 aromatic heterocycles. The number of carbonyl (C=O) groups excluding carboxylic acids is 3. The van der Waals surface area contributed by atoms with Gasteiger partial charge in [-0.3, -0.25) is 14.4 Å². The van der Waals surface area contributed by atoms with Crippen molar-refractivity contribution >= 4 is 17.9 Å². The van der Waals surface area contributed by atoms with Gasteiger partial charge in [0, 0.05) is 19.3 Å². The minimum Gasteiger partial charge on any atom is -0.462 e. The van der Waals surface area contributed by atoms with E-state index in [1.165, 1.54) is 122 Å². The van der Waals surface area contributed by atoms with Crippen LogP contribution in [0.2, 0.25) is 0 Å². The molecule has 0 saturated carbocycles. The van der Waals surface area contributed by atoms with Crippen molar-refractivity contribution in [3.05, 3.63) is 146 Å². The van der Waals surface area contributed by atoms with Gasteiger partial charge in [0.25, 0.3) is 0 Å². The van der Waals surface area contributed by atoms with E-state index in [9.17, 15) is 14.4 Å². The van der Waals surface area contributed by atoms with E-state index in [-0.39, 0.29) is 44.0 Å². The fourth-order valence-corrected chi connectivity index (χ4v) is 8.54. The van der Waals surface area contributed by atoms with Gasteiger partial charge in [0.1, 0.15) is 13.2 Å². The number of carbonyl (C=O) groups is 3. The summed E-state index contributed by atoms with van der Waals surface area (Å²) >= 11 is 0. The molecule has 1 atom stereocenters. The molecule has 0 spiro atoms.